The van der Waals surface area contributed by atoms with Crippen molar-refractivity contribution < 1.29 is 28.3 Å². The number of carbonyl (C=O) groups excluding carboxylic acids is 2. The second kappa shape index (κ2) is 11.6. The molecule has 9 nitrogen and oxygen atoms in total. The zero-order valence-corrected chi connectivity index (χ0v) is 18.3. The number of benzene rings is 1. The zero-order chi connectivity index (χ0) is 23.8. The van der Waals surface area contributed by atoms with Crippen molar-refractivity contribution in [1.82, 2.24) is 20.9 Å². The first kappa shape index (κ1) is 24.4. The molecule has 2 aliphatic heterocycles. The van der Waals surface area contributed by atoms with Crippen LogP contribution in [0.15, 0.2) is 23.2 Å². The number of rotatable bonds is 9. The first-order chi connectivity index (χ1) is 15.8. The molecule has 33 heavy (non-hydrogen) atoms. The molecule has 4 N–H and O–H groups in total. The molecule has 0 saturated carbocycles. The van der Waals surface area contributed by atoms with Crippen molar-refractivity contribution in [3.05, 3.63) is 35.4 Å². The van der Waals surface area contributed by atoms with Gasteiger partial charge in [0.1, 0.15) is 0 Å². The van der Waals surface area contributed by atoms with Crippen molar-refractivity contribution in [3.8, 4) is 0 Å². The second-order valence-corrected chi connectivity index (χ2v) is 8.18. The molecule has 0 aromatic heterocycles. The summed E-state index contributed by atoms with van der Waals surface area (Å²) in [7, 11) is 0. The highest BCUT2D eigenvalue weighted by molar-refractivity contribution is 5.82. The summed E-state index contributed by atoms with van der Waals surface area (Å²) < 4.78 is 26.8. The topological polar surface area (TPSA) is 123 Å². The maximum Gasteiger partial charge on any atom is 0.305 e. The molecule has 1 fully saturated rings. The van der Waals surface area contributed by atoms with Crippen molar-refractivity contribution >= 4 is 23.7 Å². The molecule has 0 spiro atoms. The number of nitrogens with zero attached hydrogens (tertiary/aromatic N) is 2. The Morgan fingerprint density at radius 2 is 1.97 bits per heavy atom. The van der Waals surface area contributed by atoms with Crippen LogP contribution in [0.2, 0.25) is 0 Å². The predicted molar refractivity (Wildman–Crippen MR) is 116 cm³/mol. The van der Waals surface area contributed by atoms with Gasteiger partial charge in [-0.05, 0) is 37.0 Å². The molecule has 1 aromatic carbocycles. The highest BCUT2D eigenvalue weighted by atomic mass is 19.2. The van der Waals surface area contributed by atoms with Gasteiger partial charge in [-0.15, -0.1) is 0 Å². The Balaban J connectivity index is 1.45. The number of aliphatic carboxylic acids is 1. The number of hydrogen-bond donors (Lipinski definition) is 4. The number of aliphatic imine (C=N–C) groups is 1. The minimum absolute atomic E-state index is 0.0301. The van der Waals surface area contributed by atoms with Gasteiger partial charge in [-0.2, -0.15) is 0 Å². The first-order valence-corrected chi connectivity index (χ1v) is 11.1. The Labute approximate surface area is 190 Å². The van der Waals surface area contributed by atoms with E-state index in [0.29, 0.717) is 45.3 Å². The smallest absolute Gasteiger partial charge is 0.305 e. The van der Waals surface area contributed by atoms with E-state index < -0.39 is 30.1 Å². The van der Waals surface area contributed by atoms with E-state index in [9.17, 15) is 23.2 Å². The van der Waals surface area contributed by atoms with E-state index in [1.807, 2.05) is 0 Å². The maximum absolute atomic E-state index is 13.6. The normalized spacial score (nSPS) is 17.2. The van der Waals surface area contributed by atoms with Crippen LogP contribution in [0.25, 0.3) is 0 Å². The van der Waals surface area contributed by atoms with E-state index in [0.717, 1.165) is 31.2 Å². The Hall–Kier alpha value is -3.24. The van der Waals surface area contributed by atoms with Gasteiger partial charge < -0.3 is 26.0 Å². The largest absolute Gasteiger partial charge is 0.481 e. The highest BCUT2D eigenvalue weighted by Crippen LogP contribution is 2.23. The lowest BCUT2D eigenvalue weighted by Crippen LogP contribution is -2.44. The summed E-state index contributed by atoms with van der Waals surface area (Å²) in [5.74, 6) is -3.27. The molecule has 2 amide bonds. The molecular formula is C22H29F2N5O4. The van der Waals surface area contributed by atoms with Gasteiger partial charge in [-0.1, -0.05) is 6.07 Å². The fraction of sp³-hybridized carbons (Fsp3) is 0.545. The number of amides is 2. The molecular weight excluding hydrogens is 436 g/mol. The third-order valence-electron chi connectivity index (χ3n) is 5.79. The van der Waals surface area contributed by atoms with Crippen LogP contribution in [0.1, 0.15) is 43.7 Å². The summed E-state index contributed by atoms with van der Waals surface area (Å²) in [6, 6.07) is 2.09. The van der Waals surface area contributed by atoms with Crippen LogP contribution in [-0.2, 0) is 14.4 Å². The van der Waals surface area contributed by atoms with Gasteiger partial charge in [-0.25, -0.2) is 8.78 Å². The fourth-order valence-electron chi connectivity index (χ4n) is 3.96. The molecule has 2 aliphatic rings. The highest BCUT2D eigenvalue weighted by Gasteiger charge is 2.29. The van der Waals surface area contributed by atoms with Crippen LogP contribution in [0.4, 0.5) is 8.78 Å². The minimum Gasteiger partial charge on any atom is -0.481 e. The maximum atomic E-state index is 13.6. The number of carbonyl (C=O) groups is 3. The van der Waals surface area contributed by atoms with Gasteiger partial charge in [0.25, 0.3) is 0 Å². The van der Waals surface area contributed by atoms with Gasteiger partial charge >= 0.3 is 5.97 Å². The minimum atomic E-state index is -1.17. The van der Waals surface area contributed by atoms with E-state index in [-0.39, 0.29) is 23.3 Å². The number of carboxylic acid groups (broad SMARTS) is 1. The van der Waals surface area contributed by atoms with Crippen molar-refractivity contribution in [3.63, 3.8) is 0 Å². The summed E-state index contributed by atoms with van der Waals surface area (Å²) in [6.45, 7) is 3.09. The lowest BCUT2D eigenvalue weighted by Gasteiger charge is -2.32. The Kier molecular flexibility index (Phi) is 8.56. The van der Waals surface area contributed by atoms with Crippen molar-refractivity contribution in [2.45, 2.75) is 38.1 Å². The summed E-state index contributed by atoms with van der Waals surface area (Å²) in [5, 5.41) is 18.1. The molecule has 0 radical (unpaired) electrons. The van der Waals surface area contributed by atoms with Gasteiger partial charge in [0.05, 0.1) is 19.0 Å². The molecule has 1 unspecified atom stereocenters. The molecule has 1 atom stereocenters. The van der Waals surface area contributed by atoms with Gasteiger partial charge in [0.2, 0.25) is 11.8 Å². The van der Waals surface area contributed by atoms with Crippen molar-refractivity contribution in [1.29, 1.82) is 0 Å². The molecule has 1 saturated heterocycles. The van der Waals surface area contributed by atoms with Crippen LogP contribution in [0.5, 0.6) is 0 Å². The Bertz CT molecular complexity index is 903. The monoisotopic (exact) mass is 465 g/mol. The summed E-state index contributed by atoms with van der Waals surface area (Å²) in [4.78, 5) is 42.3. The number of halogens is 2. The fourth-order valence-corrected chi connectivity index (χ4v) is 3.96. The summed E-state index contributed by atoms with van der Waals surface area (Å²) >= 11 is 0. The van der Waals surface area contributed by atoms with Gasteiger partial charge in [-0.3, -0.25) is 19.4 Å². The number of hydrogen-bond acceptors (Lipinski definition) is 6. The lowest BCUT2D eigenvalue weighted by molar-refractivity contribution is -0.139. The molecule has 180 valence electrons. The summed E-state index contributed by atoms with van der Waals surface area (Å²) in [5.41, 5.74) is 0.185. The van der Waals surface area contributed by atoms with E-state index >= 15 is 0 Å². The number of nitrogens with one attached hydrogen (secondary N) is 3. The number of piperidine rings is 1. The molecule has 2 heterocycles. The molecule has 0 bridgehead atoms. The van der Waals surface area contributed by atoms with Crippen LogP contribution in [0.3, 0.4) is 0 Å². The number of guanidine groups is 1. The average Bonchev–Trinajstić information content (AvgIpc) is 3.31. The van der Waals surface area contributed by atoms with Crippen LogP contribution < -0.4 is 16.0 Å². The van der Waals surface area contributed by atoms with Crippen molar-refractivity contribution in [2.75, 3.05) is 32.7 Å². The van der Waals surface area contributed by atoms with E-state index in [1.54, 1.807) is 4.90 Å². The third-order valence-corrected chi connectivity index (χ3v) is 5.79. The van der Waals surface area contributed by atoms with E-state index in [1.165, 1.54) is 6.07 Å². The van der Waals surface area contributed by atoms with Gasteiger partial charge in [0, 0.05) is 38.5 Å². The lowest BCUT2D eigenvalue weighted by atomic mass is 9.94. The van der Waals surface area contributed by atoms with E-state index in [4.69, 9.17) is 5.11 Å². The number of likely N-dealkylation sites (tertiary alicyclic amines) is 1. The summed E-state index contributed by atoms with van der Waals surface area (Å²) in [6.07, 6.45) is 1.52. The molecule has 1 aromatic rings. The molecule has 0 aliphatic carbocycles. The van der Waals surface area contributed by atoms with Gasteiger partial charge in [0.15, 0.2) is 17.6 Å². The van der Waals surface area contributed by atoms with Crippen LogP contribution >= 0.6 is 0 Å². The number of carboxylic acids is 1. The second-order valence-electron chi connectivity index (χ2n) is 8.18. The van der Waals surface area contributed by atoms with Crippen LogP contribution in [0, 0.1) is 17.6 Å². The zero-order valence-electron chi connectivity index (χ0n) is 18.3. The first-order valence-electron chi connectivity index (χ1n) is 11.1. The Morgan fingerprint density at radius 1 is 1.21 bits per heavy atom. The average molecular weight is 466 g/mol. The third kappa shape index (κ3) is 7.13. The van der Waals surface area contributed by atoms with Crippen molar-refractivity contribution in [2.24, 2.45) is 10.9 Å². The Morgan fingerprint density at radius 3 is 2.61 bits per heavy atom. The molecule has 3 rings (SSSR count). The molecule has 11 heteroatoms. The predicted octanol–water partition coefficient (Wildman–Crippen LogP) is 1.16. The quantitative estimate of drug-likeness (QED) is 0.406. The van der Waals surface area contributed by atoms with E-state index in [2.05, 4.69) is 20.9 Å². The standard InChI is InChI=1S/C22H29F2N5O4/c23-16-4-3-15(12-17(16)24)18(13-20(31)32)28-21(33)14-5-10-29(11-6-14)19(30)2-1-7-25-22-26-8-9-27-22/h3-4,12,14,18H,1-2,5-11,13H2,(H,28,33)(H,31,32)(H2,25,26,27). The SMILES string of the molecule is O=C(O)CC(NC(=O)C1CCN(C(=O)CCCNC2=NCCN2)CC1)c1ccc(F)c(F)c1. The van der Waals surface area contributed by atoms with Crippen LogP contribution in [-0.4, -0.2) is 66.5 Å².